The standard InChI is InChI=1S/C14H26N2OS/c1-11-7-8-13(18-11)14(12(2)15)16(3)9-5-4-6-10-17/h7-8,12,14,17H,4-6,9-10,15H2,1-3H3. The average molecular weight is 270 g/mol. The molecule has 2 atom stereocenters. The first-order valence-corrected chi connectivity index (χ1v) is 7.51. The van der Waals surface area contributed by atoms with Gasteiger partial charge in [0.05, 0.1) is 6.04 Å². The highest BCUT2D eigenvalue weighted by Crippen LogP contribution is 2.29. The molecule has 1 rings (SSSR count). The van der Waals surface area contributed by atoms with Gasteiger partial charge in [0, 0.05) is 22.4 Å². The topological polar surface area (TPSA) is 49.5 Å². The molecular formula is C14H26N2OS. The predicted octanol–water partition coefficient (Wildman–Crippen LogP) is 2.54. The normalized spacial score (nSPS) is 15.0. The zero-order valence-electron chi connectivity index (χ0n) is 11.7. The van der Waals surface area contributed by atoms with Gasteiger partial charge in [-0.3, -0.25) is 4.90 Å². The molecule has 18 heavy (non-hydrogen) atoms. The zero-order valence-corrected chi connectivity index (χ0v) is 12.5. The van der Waals surface area contributed by atoms with Crippen LogP contribution in [0.5, 0.6) is 0 Å². The van der Waals surface area contributed by atoms with Crippen molar-refractivity contribution in [1.29, 1.82) is 0 Å². The van der Waals surface area contributed by atoms with Crippen molar-refractivity contribution in [1.82, 2.24) is 4.90 Å². The number of hydrogen-bond donors (Lipinski definition) is 2. The first-order valence-electron chi connectivity index (χ1n) is 6.69. The Bertz CT molecular complexity index is 338. The van der Waals surface area contributed by atoms with Crippen LogP contribution >= 0.6 is 11.3 Å². The van der Waals surface area contributed by atoms with E-state index >= 15 is 0 Å². The first-order chi connectivity index (χ1) is 8.56. The Labute approximate surface area is 115 Å². The molecule has 3 N–H and O–H groups in total. The van der Waals surface area contributed by atoms with Crippen LogP contribution in [0.15, 0.2) is 12.1 Å². The molecule has 0 aliphatic rings. The number of thiophene rings is 1. The third-order valence-corrected chi connectivity index (χ3v) is 4.27. The van der Waals surface area contributed by atoms with Gasteiger partial charge in [0.15, 0.2) is 0 Å². The van der Waals surface area contributed by atoms with Gasteiger partial charge in [-0.25, -0.2) is 0 Å². The van der Waals surface area contributed by atoms with Gasteiger partial charge in [0.25, 0.3) is 0 Å². The fourth-order valence-corrected chi connectivity index (χ4v) is 3.44. The molecule has 0 fully saturated rings. The van der Waals surface area contributed by atoms with Crippen molar-refractivity contribution >= 4 is 11.3 Å². The van der Waals surface area contributed by atoms with Crippen LogP contribution in [-0.4, -0.2) is 36.2 Å². The molecule has 3 nitrogen and oxygen atoms in total. The summed E-state index contributed by atoms with van der Waals surface area (Å²) in [5.41, 5.74) is 6.13. The lowest BCUT2D eigenvalue weighted by atomic mass is 10.1. The van der Waals surface area contributed by atoms with Gasteiger partial charge in [0.2, 0.25) is 0 Å². The highest BCUT2D eigenvalue weighted by molar-refractivity contribution is 7.12. The van der Waals surface area contributed by atoms with Crippen molar-refractivity contribution in [3.8, 4) is 0 Å². The minimum atomic E-state index is 0.130. The minimum absolute atomic E-state index is 0.130. The Kier molecular flexibility index (Phi) is 6.86. The number of aliphatic hydroxyl groups is 1. The molecule has 104 valence electrons. The Morgan fingerprint density at radius 3 is 2.56 bits per heavy atom. The summed E-state index contributed by atoms with van der Waals surface area (Å²) >= 11 is 1.83. The molecule has 1 heterocycles. The third-order valence-electron chi connectivity index (χ3n) is 3.19. The van der Waals surface area contributed by atoms with Crippen LogP contribution in [0.4, 0.5) is 0 Å². The monoisotopic (exact) mass is 270 g/mol. The number of nitrogens with zero attached hydrogens (tertiary/aromatic N) is 1. The third kappa shape index (κ3) is 4.69. The van der Waals surface area contributed by atoms with E-state index in [-0.39, 0.29) is 6.04 Å². The van der Waals surface area contributed by atoms with E-state index in [0.717, 1.165) is 25.8 Å². The molecule has 2 unspecified atom stereocenters. The summed E-state index contributed by atoms with van der Waals surface area (Å²) in [5.74, 6) is 0. The highest BCUT2D eigenvalue weighted by atomic mass is 32.1. The molecule has 1 aromatic heterocycles. The van der Waals surface area contributed by atoms with Crippen LogP contribution in [0.1, 0.15) is 42.0 Å². The summed E-state index contributed by atoms with van der Waals surface area (Å²) < 4.78 is 0. The Morgan fingerprint density at radius 2 is 2.06 bits per heavy atom. The molecule has 0 spiro atoms. The predicted molar refractivity (Wildman–Crippen MR) is 79.0 cm³/mol. The van der Waals surface area contributed by atoms with E-state index < -0.39 is 0 Å². The molecule has 0 aromatic carbocycles. The molecule has 0 saturated heterocycles. The fraction of sp³-hybridized carbons (Fsp3) is 0.714. The Morgan fingerprint density at radius 1 is 1.33 bits per heavy atom. The molecule has 0 saturated carbocycles. The summed E-state index contributed by atoms with van der Waals surface area (Å²) in [4.78, 5) is 5.03. The van der Waals surface area contributed by atoms with Crippen LogP contribution in [0, 0.1) is 6.92 Å². The maximum absolute atomic E-state index is 8.78. The fourth-order valence-electron chi connectivity index (χ4n) is 2.28. The quantitative estimate of drug-likeness (QED) is 0.714. The van der Waals surface area contributed by atoms with Gasteiger partial charge < -0.3 is 10.8 Å². The number of hydrogen-bond acceptors (Lipinski definition) is 4. The summed E-state index contributed by atoms with van der Waals surface area (Å²) in [6.45, 7) is 5.53. The van der Waals surface area contributed by atoms with Crippen LogP contribution in [0.2, 0.25) is 0 Å². The van der Waals surface area contributed by atoms with Gasteiger partial charge in [-0.2, -0.15) is 0 Å². The SMILES string of the molecule is Cc1ccc(C(C(C)N)N(C)CCCCCO)s1. The second-order valence-electron chi connectivity index (χ2n) is 5.02. The summed E-state index contributed by atoms with van der Waals surface area (Å²) in [5, 5.41) is 8.78. The lowest BCUT2D eigenvalue weighted by Crippen LogP contribution is -2.37. The number of unbranched alkanes of at least 4 members (excludes halogenated alkanes) is 2. The van der Waals surface area contributed by atoms with Crippen molar-refractivity contribution < 1.29 is 5.11 Å². The average Bonchev–Trinajstić information content (AvgIpc) is 2.71. The molecular weight excluding hydrogens is 244 g/mol. The van der Waals surface area contributed by atoms with E-state index in [1.54, 1.807) is 0 Å². The van der Waals surface area contributed by atoms with Crippen molar-refractivity contribution in [3.63, 3.8) is 0 Å². The van der Waals surface area contributed by atoms with Crippen molar-refractivity contribution in [3.05, 3.63) is 21.9 Å². The van der Waals surface area contributed by atoms with E-state index in [2.05, 4.69) is 37.9 Å². The van der Waals surface area contributed by atoms with Crippen molar-refractivity contribution in [2.45, 2.75) is 45.2 Å². The van der Waals surface area contributed by atoms with Crippen molar-refractivity contribution in [2.75, 3.05) is 20.2 Å². The van der Waals surface area contributed by atoms with E-state index in [0.29, 0.717) is 12.6 Å². The van der Waals surface area contributed by atoms with E-state index in [1.807, 2.05) is 11.3 Å². The summed E-state index contributed by atoms with van der Waals surface area (Å²) in [6.07, 6.45) is 3.09. The maximum atomic E-state index is 8.78. The van der Waals surface area contributed by atoms with Gasteiger partial charge >= 0.3 is 0 Å². The Hall–Kier alpha value is -0.420. The number of aryl methyl sites for hydroxylation is 1. The number of nitrogens with two attached hydrogens (primary N) is 1. The van der Waals surface area contributed by atoms with Gasteiger partial charge in [-0.1, -0.05) is 0 Å². The number of aliphatic hydroxyl groups excluding tert-OH is 1. The number of likely N-dealkylation sites (N-methyl/N-ethyl adjacent to an activating group) is 1. The molecule has 0 bridgehead atoms. The molecule has 0 aliphatic carbocycles. The zero-order chi connectivity index (χ0) is 13.5. The van der Waals surface area contributed by atoms with Gasteiger partial charge in [0.1, 0.15) is 0 Å². The second kappa shape index (κ2) is 7.89. The lowest BCUT2D eigenvalue weighted by Gasteiger charge is -2.30. The van der Waals surface area contributed by atoms with Gasteiger partial charge in [-0.05, 0) is 58.8 Å². The van der Waals surface area contributed by atoms with Crippen LogP contribution in [0.3, 0.4) is 0 Å². The van der Waals surface area contributed by atoms with Crippen molar-refractivity contribution in [2.24, 2.45) is 5.73 Å². The number of rotatable bonds is 8. The molecule has 4 heteroatoms. The first kappa shape index (κ1) is 15.6. The Balaban J connectivity index is 2.56. The highest BCUT2D eigenvalue weighted by Gasteiger charge is 2.22. The smallest absolute Gasteiger partial charge is 0.0588 e. The maximum Gasteiger partial charge on any atom is 0.0588 e. The lowest BCUT2D eigenvalue weighted by molar-refractivity contribution is 0.213. The van der Waals surface area contributed by atoms with Crippen LogP contribution < -0.4 is 5.73 Å². The molecule has 0 amide bonds. The van der Waals surface area contributed by atoms with Crippen LogP contribution in [0.25, 0.3) is 0 Å². The van der Waals surface area contributed by atoms with Crippen LogP contribution in [-0.2, 0) is 0 Å². The molecule has 0 radical (unpaired) electrons. The largest absolute Gasteiger partial charge is 0.396 e. The summed E-state index contributed by atoms with van der Waals surface area (Å²) in [6, 6.07) is 4.79. The minimum Gasteiger partial charge on any atom is -0.396 e. The second-order valence-corrected chi connectivity index (χ2v) is 6.34. The van der Waals surface area contributed by atoms with E-state index in [1.165, 1.54) is 9.75 Å². The molecule has 0 aliphatic heterocycles. The summed E-state index contributed by atoms with van der Waals surface area (Å²) in [7, 11) is 2.14. The van der Waals surface area contributed by atoms with Gasteiger partial charge in [-0.15, -0.1) is 11.3 Å². The molecule has 1 aromatic rings. The van der Waals surface area contributed by atoms with E-state index in [4.69, 9.17) is 10.8 Å². The van der Waals surface area contributed by atoms with E-state index in [9.17, 15) is 0 Å².